The van der Waals surface area contributed by atoms with E-state index in [1.54, 1.807) is 6.42 Å². The Morgan fingerprint density at radius 2 is 1.61 bits per heavy atom. The van der Waals surface area contributed by atoms with Crippen molar-refractivity contribution >= 4 is 0 Å². The zero-order chi connectivity index (χ0) is 16.7. The van der Waals surface area contributed by atoms with Gasteiger partial charge >= 0.3 is 0 Å². The van der Waals surface area contributed by atoms with E-state index in [1.165, 1.54) is 25.7 Å². The van der Waals surface area contributed by atoms with Gasteiger partial charge in [-0.25, -0.2) is 0 Å². The SMILES string of the molecule is CC1CCC(C)(C2CC3C2C(C)CC2C(C(C)C)C(C)C32C)C1. The van der Waals surface area contributed by atoms with Crippen LogP contribution in [0, 0.1) is 64.1 Å². The van der Waals surface area contributed by atoms with Gasteiger partial charge in [-0.3, -0.25) is 0 Å². The van der Waals surface area contributed by atoms with E-state index in [0.717, 1.165) is 53.3 Å². The summed E-state index contributed by atoms with van der Waals surface area (Å²) in [5.41, 5.74) is 1.37. The van der Waals surface area contributed by atoms with Crippen molar-refractivity contribution in [3.8, 4) is 0 Å². The second-order valence-electron chi connectivity index (χ2n) is 11.3. The Morgan fingerprint density at radius 1 is 0.913 bits per heavy atom. The summed E-state index contributed by atoms with van der Waals surface area (Å²) in [5, 5.41) is 0. The molecule has 132 valence electrons. The van der Waals surface area contributed by atoms with Crippen LogP contribution < -0.4 is 0 Å². The quantitative estimate of drug-likeness (QED) is 0.535. The second kappa shape index (κ2) is 5.01. The first-order valence-corrected chi connectivity index (χ1v) is 10.7. The Balaban J connectivity index is 1.56. The molecule has 0 heterocycles. The second-order valence-corrected chi connectivity index (χ2v) is 11.3. The van der Waals surface area contributed by atoms with Crippen LogP contribution in [0.15, 0.2) is 0 Å². The molecular formula is C23H40. The average molecular weight is 317 g/mol. The molecule has 0 amide bonds. The largest absolute Gasteiger partial charge is 0.0625 e. The van der Waals surface area contributed by atoms with Crippen LogP contribution in [0.5, 0.6) is 0 Å². The Hall–Kier alpha value is 0. The van der Waals surface area contributed by atoms with Gasteiger partial charge in [-0.05, 0) is 89.8 Å². The zero-order valence-electron chi connectivity index (χ0n) is 16.7. The summed E-state index contributed by atoms with van der Waals surface area (Å²) in [4.78, 5) is 0. The maximum Gasteiger partial charge on any atom is -0.0235 e. The van der Waals surface area contributed by atoms with Crippen molar-refractivity contribution in [2.45, 2.75) is 80.6 Å². The van der Waals surface area contributed by atoms with Crippen LogP contribution in [0.3, 0.4) is 0 Å². The molecule has 23 heavy (non-hydrogen) atoms. The Kier molecular flexibility index (Phi) is 3.59. The van der Waals surface area contributed by atoms with Crippen molar-refractivity contribution in [3.05, 3.63) is 0 Å². The fourth-order valence-electron chi connectivity index (χ4n) is 8.82. The summed E-state index contributed by atoms with van der Waals surface area (Å²) in [5.74, 6) is 9.01. The third-order valence-corrected chi connectivity index (χ3v) is 10.0. The average Bonchev–Trinajstić information content (AvgIpc) is 2.75. The fourth-order valence-corrected chi connectivity index (χ4v) is 8.82. The molecule has 0 bridgehead atoms. The van der Waals surface area contributed by atoms with Crippen molar-refractivity contribution < 1.29 is 0 Å². The molecule has 4 saturated carbocycles. The minimum absolute atomic E-state index is 0.683. The third kappa shape index (κ3) is 1.96. The smallest absolute Gasteiger partial charge is 0.0235 e. The summed E-state index contributed by atoms with van der Waals surface area (Å²) in [6.07, 6.45) is 7.62. The molecule has 0 nitrogen and oxygen atoms in total. The zero-order valence-corrected chi connectivity index (χ0v) is 16.7. The lowest BCUT2D eigenvalue weighted by Crippen LogP contribution is -2.69. The molecule has 0 spiro atoms. The lowest BCUT2D eigenvalue weighted by Gasteiger charge is -2.75. The van der Waals surface area contributed by atoms with Crippen LogP contribution in [0.1, 0.15) is 80.6 Å². The van der Waals surface area contributed by atoms with Gasteiger partial charge in [0.05, 0.1) is 0 Å². The number of rotatable bonds is 2. The van der Waals surface area contributed by atoms with Crippen molar-refractivity contribution in [3.63, 3.8) is 0 Å². The molecule has 10 unspecified atom stereocenters. The highest BCUT2D eigenvalue weighted by Gasteiger charge is 2.70. The highest BCUT2D eigenvalue weighted by atomic mass is 14.7. The molecule has 4 aliphatic carbocycles. The monoisotopic (exact) mass is 316 g/mol. The molecule has 0 aromatic heterocycles. The van der Waals surface area contributed by atoms with Crippen LogP contribution in [0.25, 0.3) is 0 Å². The molecule has 0 aliphatic heterocycles. The molecule has 0 aromatic carbocycles. The summed E-state index contributed by atoms with van der Waals surface area (Å²) in [6, 6.07) is 0. The molecule has 0 heteroatoms. The van der Waals surface area contributed by atoms with Gasteiger partial charge in [-0.15, -0.1) is 0 Å². The molecule has 4 rings (SSSR count). The van der Waals surface area contributed by atoms with Gasteiger partial charge < -0.3 is 0 Å². The van der Waals surface area contributed by atoms with Crippen LogP contribution in [0.4, 0.5) is 0 Å². The van der Waals surface area contributed by atoms with E-state index in [2.05, 4.69) is 48.5 Å². The maximum absolute atomic E-state index is 2.70. The van der Waals surface area contributed by atoms with Crippen molar-refractivity contribution in [2.75, 3.05) is 0 Å². The molecule has 10 atom stereocenters. The van der Waals surface area contributed by atoms with E-state index in [1.807, 2.05) is 0 Å². The van der Waals surface area contributed by atoms with Gasteiger partial charge in [0.2, 0.25) is 0 Å². The first-order chi connectivity index (χ1) is 10.7. The van der Waals surface area contributed by atoms with E-state index < -0.39 is 0 Å². The minimum Gasteiger partial charge on any atom is -0.0625 e. The molecule has 4 fully saturated rings. The van der Waals surface area contributed by atoms with Crippen molar-refractivity contribution in [1.82, 2.24) is 0 Å². The summed E-state index contributed by atoms with van der Waals surface area (Å²) in [6.45, 7) is 18.0. The van der Waals surface area contributed by atoms with Gasteiger partial charge in [0.15, 0.2) is 0 Å². The van der Waals surface area contributed by atoms with Gasteiger partial charge in [0, 0.05) is 0 Å². The fraction of sp³-hybridized carbons (Fsp3) is 1.00. The summed E-state index contributed by atoms with van der Waals surface area (Å²) >= 11 is 0. The molecule has 0 aromatic rings. The van der Waals surface area contributed by atoms with Gasteiger partial charge in [-0.2, -0.15) is 0 Å². The molecule has 4 aliphatic rings. The standard InChI is InChI=1S/C23H40/c1-13(2)20-16(5)23(7)18(20)10-15(4)21-17(11-19(21)23)22(6)9-8-14(3)12-22/h13-21H,8-12H2,1-7H3. The summed E-state index contributed by atoms with van der Waals surface area (Å²) in [7, 11) is 0. The van der Waals surface area contributed by atoms with Crippen LogP contribution in [0.2, 0.25) is 0 Å². The first-order valence-electron chi connectivity index (χ1n) is 10.7. The van der Waals surface area contributed by atoms with Gasteiger partial charge in [0.25, 0.3) is 0 Å². The van der Waals surface area contributed by atoms with Crippen LogP contribution >= 0.6 is 0 Å². The highest BCUT2D eigenvalue weighted by molar-refractivity contribution is 5.18. The normalized spacial score (nSPS) is 61.6. The number of hydrogen-bond donors (Lipinski definition) is 0. The predicted octanol–water partition coefficient (Wildman–Crippen LogP) is 6.65. The molecule has 0 saturated heterocycles. The van der Waals surface area contributed by atoms with E-state index in [-0.39, 0.29) is 0 Å². The van der Waals surface area contributed by atoms with Crippen molar-refractivity contribution in [1.29, 1.82) is 0 Å². The van der Waals surface area contributed by atoms with Crippen molar-refractivity contribution in [2.24, 2.45) is 64.1 Å². The van der Waals surface area contributed by atoms with Crippen LogP contribution in [-0.2, 0) is 0 Å². The van der Waals surface area contributed by atoms with Gasteiger partial charge in [-0.1, -0.05) is 54.9 Å². The molecular weight excluding hydrogens is 276 g/mol. The summed E-state index contributed by atoms with van der Waals surface area (Å²) < 4.78 is 0. The number of hydrogen-bond acceptors (Lipinski definition) is 0. The highest BCUT2D eigenvalue weighted by Crippen LogP contribution is 2.76. The molecule has 0 radical (unpaired) electrons. The molecule has 0 N–H and O–H groups in total. The van der Waals surface area contributed by atoms with E-state index >= 15 is 0 Å². The lowest BCUT2D eigenvalue weighted by atomic mass is 9.30. The Morgan fingerprint density at radius 3 is 2.17 bits per heavy atom. The lowest BCUT2D eigenvalue weighted by molar-refractivity contribution is -0.269. The topological polar surface area (TPSA) is 0 Å². The maximum atomic E-state index is 2.70. The van der Waals surface area contributed by atoms with E-state index in [9.17, 15) is 0 Å². The third-order valence-electron chi connectivity index (χ3n) is 10.0. The van der Waals surface area contributed by atoms with E-state index in [0.29, 0.717) is 10.8 Å². The Bertz CT molecular complexity index is 478. The number of fused-ring (bicyclic) bond motifs is 3. The van der Waals surface area contributed by atoms with E-state index in [4.69, 9.17) is 0 Å². The first kappa shape index (κ1) is 16.5. The Labute approximate surface area is 145 Å². The van der Waals surface area contributed by atoms with Crippen LogP contribution in [-0.4, -0.2) is 0 Å². The predicted molar refractivity (Wildman–Crippen MR) is 99.1 cm³/mol. The minimum atomic E-state index is 0.683. The van der Waals surface area contributed by atoms with Gasteiger partial charge in [0.1, 0.15) is 0 Å².